The number of unbranched alkanes of at least 4 members (excludes halogenated alkanes) is 1. The Bertz CT molecular complexity index is 136. The molecule has 0 radical (unpaired) electrons. The van der Waals surface area contributed by atoms with Crippen LogP contribution in [0.25, 0.3) is 0 Å². The van der Waals surface area contributed by atoms with E-state index in [9.17, 15) is 0 Å². The van der Waals surface area contributed by atoms with Gasteiger partial charge in [0.1, 0.15) is 0 Å². The summed E-state index contributed by atoms with van der Waals surface area (Å²) >= 11 is 0. The van der Waals surface area contributed by atoms with E-state index in [2.05, 4.69) is 18.7 Å². The third-order valence-electron chi connectivity index (χ3n) is 3.30. The molecule has 0 amide bonds. The Labute approximate surface area is 82.5 Å². The molecule has 0 spiro atoms. The third-order valence-corrected chi connectivity index (χ3v) is 3.30. The molecule has 1 heterocycles. The van der Waals surface area contributed by atoms with Crippen LogP contribution in [0.3, 0.4) is 0 Å². The first-order chi connectivity index (χ1) is 6.27. The van der Waals surface area contributed by atoms with Gasteiger partial charge in [0.25, 0.3) is 0 Å². The van der Waals surface area contributed by atoms with Gasteiger partial charge in [-0.2, -0.15) is 0 Å². The third kappa shape index (κ3) is 3.28. The predicted octanol–water partition coefficient (Wildman–Crippen LogP) is 1.70. The van der Waals surface area contributed by atoms with Gasteiger partial charge in [0.05, 0.1) is 0 Å². The van der Waals surface area contributed by atoms with Crippen LogP contribution in [-0.2, 0) is 0 Å². The molecular formula is C11H24N2. The maximum atomic E-state index is 5.72. The molecule has 0 aromatic heterocycles. The molecule has 13 heavy (non-hydrogen) atoms. The minimum absolute atomic E-state index is 0.776. The molecule has 0 aromatic rings. The summed E-state index contributed by atoms with van der Waals surface area (Å²) in [5, 5.41) is 0. The molecule has 0 bridgehead atoms. The molecule has 1 aliphatic heterocycles. The highest BCUT2D eigenvalue weighted by atomic mass is 15.1. The molecule has 0 aromatic carbocycles. The quantitative estimate of drug-likeness (QED) is 0.720. The zero-order valence-electron chi connectivity index (χ0n) is 9.13. The van der Waals surface area contributed by atoms with Crippen LogP contribution in [0.5, 0.6) is 0 Å². The van der Waals surface area contributed by atoms with Gasteiger partial charge in [-0.1, -0.05) is 20.3 Å². The lowest BCUT2D eigenvalue weighted by molar-refractivity contribution is 0.132. The molecule has 2 atom stereocenters. The summed E-state index contributed by atoms with van der Waals surface area (Å²) in [5.74, 6) is 1.58. The highest BCUT2D eigenvalue weighted by Crippen LogP contribution is 2.22. The average Bonchev–Trinajstić information content (AvgIpc) is 2.15. The Morgan fingerprint density at radius 3 is 2.77 bits per heavy atom. The summed E-state index contributed by atoms with van der Waals surface area (Å²) < 4.78 is 0. The number of piperidine rings is 1. The maximum absolute atomic E-state index is 5.72. The van der Waals surface area contributed by atoms with Gasteiger partial charge in [-0.3, -0.25) is 0 Å². The number of rotatable bonds is 4. The molecular weight excluding hydrogens is 160 g/mol. The van der Waals surface area contributed by atoms with Gasteiger partial charge in [-0.25, -0.2) is 0 Å². The number of nitrogens with zero attached hydrogens (tertiary/aromatic N) is 1. The first-order valence-corrected chi connectivity index (χ1v) is 5.70. The van der Waals surface area contributed by atoms with Crippen LogP contribution in [-0.4, -0.2) is 31.1 Å². The molecule has 1 saturated heterocycles. The Balaban J connectivity index is 2.24. The topological polar surface area (TPSA) is 29.3 Å². The van der Waals surface area contributed by atoms with Crippen LogP contribution in [0.15, 0.2) is 0 Å². The molecule has 1 fully saturated rings. The highest BCUT2D eigenvalue weighted by molar-refractivity contribution is 4.78. The molecule has 78 valence electrons. The van der Waals surface area contributed by atoms with E-state index in [0.29, 0.717) is 0 Å². The van der Waals surface area contributed by atoms with Gasteiger partial charge in [0.2, 0.25) is 0 Å². The van der Waals surface area contributed by atoms with Crippen molar-refractivity contribution in [1.82, 2.24) is 4.90 Å². The lowest BCUT2D eigenvalue weighted by Gasteiger charge is -2.36. The SMILES string of the molecule is CCCCN1CCC(CN)C(C)C1. The Kier molecular flexibility index (Phi) is 4.74. The molecule has 1 rings (SSSR count). The maximum Gasteiger partial charge on any atom is 0.00101 e. The molecule has 2 nitrogen and oxygen atoms in total. The lowest BCUT2D eigenvalue weighted by Crippen LogP contribution is -2.42. The second-order valence-corrected chi connectivity index (χ2v) is 4.42. The van der Waals surface area contributed by atoms with E-state index in [0.717, 1.165) is 18.4 Å². The normalized spacial score (nSPS) is 30.7. The summed E-state index contributed by atoms with van der Waals surface area (Å²) in [4.78, 5) is 2.60. The van der Waals surface area contributed by atoms with Crippen LogP contribution in [0, 0.1) is 11.8 Å². The number of likely N-dealkylation sites (tertiary alicyclic amines) is 1. The first-order valence-electron chi connectivity index (χ1n) is 5.70. The number of nitrogens with two attached hydrogens (primary N) is 1. The van der Waals surface area contributed by atoms with Crippen molar-refractivity contribution in [3.05, 3.63) is 0 Å². The van der Waals surface area contributed by atoms with E-state index < -0.39 is 0 Å². The Morgan fingerprint density at radius 2 is 2.23 bits per heavy atom. The molecule has 2 N–H and O–H groups in total. The van der Waals surface area contributed by atoms with Crippen LogP contribution in [0.1, 0.15) is 33.1 Å². The van der Waals surface area contributed by atoms with Gasteiger partial charge in [-0.15, -0.1) is 0 Å². The standard InChI is InChI=1S/C11H24N2/c1-3-4-6-13-7-5-11(8-12)10(2)9-13/h10-11H,3-9,12H2,1-2H3. The number of hydrogen-bond donors (Lipinski definition) is 1. The summed E-state index contributed by atoms with van der Waals surface area (Å²) in [6.07, 6.45) is 3.96. The fourth-order valence-electron chi connectivity index (χ4n) is 2.22. The molecule has 0 aliphatic carbocycles. The molecule has 0 saturated carbocycles. The van der Waals surface area contributed by atoms with Gasteiger partial charge in [-0.05, 0) is 44.3 Å². The second-order valence-electron chi connectivity index (χ2n) is 4.42. The van der Waals surface area contributed by atoms with Crippen molar-refractivity contribution in [2.75, 3.05) is 26.2 Å². The van der Waals surface area contributed by atoms with Crippen LogP contribution < -0.4 is 5.73 Å². The minimum Gasteiger partial charge on any atom is -0.330 e. The summed E-state index contributed by atoms with van der Waals surface area (Å²) in [6, 6.07) is 0. The van der Waals surface area contributed by atoms with Crippen LogP contribution >= 0.6 is 0 Å². The zero-order chi connectivity index (χ0) is 9.68. The first kappa shape index (κ1) is 11.0. The van der Waals surface area contributed by atoms with Crippen molar-refractivity contribution in [1.29, 1.82) is 0 Å². The van der Waals surface area contributed by atoms with Gasteiger partial charge in [0.15, 0.2) is 0 Å². The fourth-order valence-corrected chi connectivity index (χ4v) is 2.22. The Morgan fingerprint density at radius 1 is 1.46 bits per heavy atom. The number of hydrogen-bond acceptors (Lipinski definition) is 2. The summed E-state index contributed by atoms with van der Waals surface area (Å²) in [6.45, 7) is 9.31. The smallest absolute Gasteiger partial charge is 0.00101 e. The van der Waals surface area contributed by atoms with E-state index >= 15 is 0 Å². The largest absolute Gasteiger partial charge is 0.330 e. The van der Waals surface area contributed by atoms with Crippen molar-refractivity contribution >= 4 is 0 Å². The molecule has 1 aliphatic rings. The minimum atomic E-state index is 0.776. The highest BCUT2D eigenvalue weighted by Gasteiger charge is 2.24. The van der Waals surface area contributed by atoms with Gasteiger partial charge in [0, 0.05) is 6.54 Å². The van der Waals surface area contributed by atoms with Crippen molar-refractivity contribution in [3.63, 3.8) is 0 Å². The van der Waals surface area contributed by atoms with Crippen molar-refractivity contribution in [2.45, 2.75) is 33.1 Å². The summed E-state index contributed by atoms with van der Waals surface area (Å²) in [5.41, 5.74) is 5.72. The van der Waals surface area contributed by atoms with E-state index in [1.165, 1.54) is 38.9 Å². The Hall–Kier alpha value is -0.0800. The van der Waals surface area contributed by atoms with Crippen LogP contribution in [0.4, 0.5) is 0 Å². The van der Waals surface area contributed by atoms with E-state index in [4.69, 9.17) is 5.73 Å². The van der Waals surface area contributed by atoms with Crippen molar-refractivity contribution < 1.29 is 0 Å². The fraction of sp³-hybridized carbons (Fsp3) is 1.00. The van der Waals surface area contributed by atoms with Crippen molar-refractivity contribution in [3.8, 4) is 0 Å². The van der Waals surface area contributed by atoms with E-state index in [1.807, 2.05) is 0 Å². The van der Waals surface area contributed by atoms with E-state index in [1.54, 1.807) is 0 Å². The lowest BCUT2D eigenvalue weighted by atomic mass is 9.87. The molecule has 2 heteroatoms. The van der Waals surface area contributed by atoms with Crippen molar-refractivity contribution in [2.24, 2.45) is 17.6 Å². The zero-order valence-corrected chi connectivity index (χ0v) is 9.13. The molecule has 2 unspecified atom stereocenters. The average molecular weight is 184 g/mol. The monoisotopic (exact) mass is 184 g/mol. The predicted molar refractivity (Wildman–Crippen MR) is 57.7 cm³/mol. The van der Waals surface area contributed by atoms with E-state index in [-0.39, 0.29) is 0 Å². The van der Waals surface area contributed by atoms with Gasteiger partial charge < -0.3 is 10.6 Å². The summed E-state index contributed by atoms with van der Waals surface area (Å²) in [7, 11) is 0. The second kappa shape index (κ2) is 5.61. The van der Waals surface area contributed by atoms with Crippen LogP contribution in [0.2, 0.25) is 0 Å². The van der Waals surface area contributed by atoms with Gasteiger partial charge >= 0.3 is 0 Å².